The summed E-state index contributed by atoms with van der Waals surface area (Å²) in [5, 5.41) is 11.2. The summed E-state index contributed by atoms with van der Waals surface area (Å²) in [5.74, 6) is 1.06. The quantitative estimate of drug-likeness (QED) is 0.173. The second-order valence-corrected chi connectivity index (χ2v) is 13.1. The van der Waals surface area contributed by atoms with Crippen LogP contribution in [0.25, 0.3) is 56.0 Å². The van der Waals surface area contributed by atoms with Gasteiger partial charge in [-0.25, -0.2) is 14.4 Å². The van der Waals surface area contributed by atoms with Crippen molar-refractivity contribution in [3.05, 3.63) is 83.9 Å². The standard InChI is InChI=1S/C33H34FN8P/c1-42(2)43-19-22-14-23(16-25(34)15-22)26-4-3-5-28-30(26)39-33(38-28)32-31-29(40-41-32)7-6-27(37-31)24-13-21(17-36-18-24)12-20-8-10-35-11-9-20/h3-7,13-18,20,35,43H,8-12,19H2,1-2H3,(H,38,39)(H,40,41). The molecule has 4 aromatic heterocycles. The second kappa shape index (κ2) is 11.9. The number of nitrogens with one attached hydrogen (secondary N) is 3. The van der Waals surface area contributed by atoms with Gasteiger partial charge in [0, 0.05) is 29.7 Å². The molecule has 7 rings (SSSR count). The molecule has 0 aliphatic carbocycles. The highest BCUT2D eigenvalue weighted by molar-refractivity contribution is 7.34. The average Bonchev–Trinajstić information content (AvgIpc) is 3.64. The molecular weight excluding hydrogens is 558 g/mol. The lowest BCUT2D eigenvalue weighted by Crippen LogP contribution is -2.28. The molecule has 1 fully saturated rings. The van der Waals surface area contributed by atoms with E-state index in [4.69, 9.17) is 9.97 Å². The molecule has 43 heavy (non-hydrogen) atoms. The van der Waals surface area contributed by atoms with Gasteiger partial charge in [0.25, 0.3) is 0 Å². The molecule has 1 atom stereocenters. The first-order valence-corrected chi connectivity index (χ1v) is 15.9. The molecule has 1 aliphatic heterocycles. The summed E-state index contributed by atoms with van der Waals surface area (Å²) >= 11 is 0. The van der Waals surface area contributed by atoms with Gasteiger partial charge in [-0.3, -0.25) is 14.8 Å². The molecule has 3 N–H and O–H groups in total. The van der Waals surface area contributed by atoms with E-state index in [0.29, 0.717) is 26.2 Å². The number of piperidine rings is 1. The highest BCUT2D eigenvalue weighted by Crippen LogP contribution is 2.34. The molecule has 0 radical (unpaired) electrons. The Morgan fingerprint density at radius 1 is 0.907 bits per heavy atom. The van der Waals surface area contributed by atoms with Crippen LogP contribution in [0.3, 0.4) is 0 Å². The molecule has 1 aliphatic rings. The maximum atomic E-state index is 14.7. The lowest BCUT2D eigenvalue weighted by atomic mass is 9.91. The molecule has 218 valence electrons. The van der Waals surface area contributed by atoms with Gasteiger partial charge < -0.3 is 10.3 Å². The number of H-pyrrole nitrogens is 2. The minimum absolute atomic E-state index is 0.242. The number of nitrogens with zero attached hydrogens (tertiary/aromatic N) is 5. The van der Waals surface area contributed by atoms with Crippen LogP contribution >= 0.6 is 8.73 Å². The normalized spacial score (nSPS) is 14.6. The Kier molecular flexibility index (Phi) is 7.70. The van der Waals surface area contributed by atoms with Gasteiger partial charge in [-0.05, 0) is 114 Å². The van der Waals surface area contributed by atoms with Crippen molar-refractivity contribution in [2.45, 2.75) is 25.4 Å². The topological polar surface area (TPSA) is 98.4 Å². The van der Waals surface area contributed by atoms with Crippen LogP contribution in [0, 0.1) is 11.7 Å². The third-order valence-electron chi connectivity index (χ3n) is 8.09. The largest absolute Gasteiger partial charge is 0.336 e. The Morgan fingerprint density at radius 2 is 1.77 bits per heavy atom. The number of para-hydroxylation sites is 1. The number of rotatable bonds is 8. The van der Waals surface area contributed by atoms with E-state index in [2.05, 4.69) is 42.3 Å². The molecule has 2 aromatic carbocycles. The minimum atomic E-state index is -0.242. The number of aromatic nitrogens is 6. The molecule has 0 spiro atoms. The van der Waals surface area contributed by atoms with E-state index in [0.717, 1.165) is 75.7 Å². The highest BCUT2D eigenvalue weighted by Gasteiger charge is 2.18. The van der Waals surface area contributed by atoms with E-state index in [1.54, 1.807) is 12.1 Å². The molecular formula is C33H34FN8P. The lowest BCUT2D eigenvalue weighted by molar-refractivity contribution is 0.372. The predicted octanol–water partition coefficient (Wildman–Crippen LogP) is 6.57. The van der Waals surface area contributed by atoms with Crippen LogP contribution in [-0.2, 0) is 12.6 Å². The summed E-state index contributed by atoms with van der Waals surface area (Å²) in [6, 6.07) is 17.4. The molecule has 1 saturated heterocycles. The fourth-order valence-corrected chi connectivity index (χ4v) is 6.62. The van der Waals surface area contributed by atoms with Crippen molar-refractivity contribution < 1.29 is 4.39 Å². The van der Waals surface area contributed by atoms with Gasteiger partial charge in [-0.15, -0.1) is 0 Å². The third-order valence-corrected chi connectivity index (χ3v) is 9.29. The van der Waals surface area contributed by atoms with Gasteiger partial charge in [0.1, 0.15) is 11.3 Å². The fourth-order valence-electron chi connectivity index (χ4n) is 5.92. The number of fused-ring (bicyclic) bond motifs is 2. The Balaban J connectivity index is 1.23. The maximum Gasteiger partial charge on any atom is 0.161 e. The van der Waals surface area contributed by atoms with Crippen molar-refractivity contribution >= 4 is 30.8 Å². The van der Waals surface area contributed by atoms with Crippen molar-refractivity contribution in [2.75, 3.05) is 27.2 Å². The van der Waals surface area contributed by atoms with Crippen LogP contribution in [0.4, 0.5) is 4.39 Å². The van der Waals surface area contributed by atoms with Gasteiger partial charge in [0.2, 0.25) is 0 Å². The highest BCUT2D eigenvalue weighted by atomic mass is 31.1. The zero-order chi connectivity index (χ0) is 29.3. The Hall–Kier alpha value is -4.04. The predicted molar refractivity (Wildman–Crippen MR) is 173 cm³/mol. The average molecular weight is 593 g/mol. The number of aromatic amines is 2. The van der Waals surface area contributed by atoms with Crippen molar-refractivity contribution in [3.63, 3.8) is 0 Å². The summed E-state index contributed by atoms with van der Waals surface area (Å²) < 4.78 is 16.8. The smallest absolute Gasteiger partial charge is 0.161 e. The van der Waals surface area contributed by atoms with E-state index in [9.17, 15) is 4.39 Å². The second-order valence-electron chi connectivity index (χ2n) is 11.5. The van der Waals surface area contributed by atoms with Gasteiger partial charge in [0.05, 0.1) is 22.2 Å². The Labute approximate surface area is 251 Å². The van der Waals surface area contributed by atoms with Gasteiger partial charge >= 0.3 is 0 Å². The first kappa shape index (κ1) is 27.8. The number of benzene rings is 2. The monoisotopic (exact) mass is 592 g/mol. The number of hydrogen-bond donors (Lipinski definition) is 3. The molecule has 1 unspecified atom stereocenters. The van der Waals surface area contributed by atoms with Crippen LogP contribution in [0.5, 0.6) is 0 Å². The third kappa shape index (κ3) is 5.93. The van der Waals surface area contributed by atoms with Gasteiger partial charge in [-0.2, -0.15) is 5.10 Å². The minimum Gasteiger partial charge on any atom is -0.336 e. The molecule has 8 nitrogen and oxygen atoms in total. The Morgan fingerprint density at radius 3 is 2.63 bits per heavy atom. The summed E-state index contributed by atoms with van der Waals surface area (Å²) in [6.07, 6.45) is 8.07. The zero-order valence-corrected chi connectivity index (χ0v) is 25.3. The molecule has 0 bridgehead atoms. The van der Waals surface area contributed by atoms with E-state index < -0.39 is 0 Å². The molecule has 6 aromatic rings. The van der Waals surface area contributed by atoms with Crippen LogP contribution in [0.15, 0.2) is 67.0 Å². The molecule has 0 saturated carbocycles. The number of halogens is 1. The summed E-state index contributed by atoms with van der Waals surface area (Å²) in [7, 11) is 4.65. The van der Waals surface area contributed by atoms with Crippen LogP contribution in [0.1, 0.15) is 24.0 Å². The lowest BCUT2D eigenvalue weighted by Gasteiger charge is -2.22. The summed E-state index contributed by atoms with van der Waals surface area (Å²) in [4.78, 5) is 18.0. The molecule has 5 heterocycles. The zero-order valence-electron chi connectivity index (χ0n) is 24.3. The van der Waals surface area contributed by atoms with Crippen LogP contribution in [0.2, 0.25) is 0 Å². The number of imidazole rings is 1. The van der Waals surface area contributed by atoms with E-state index >= 15 is 0 Å². The molecule has 0 amide bonds. The van der Waals surface area contributed by atoms with Crippen LogP contribution in [-0.4, -0.2) is 62.0 Å². The fraction of sp³-hybridized carbons (Fsp3) is 0.273. The van der Waals surface area contributed by atoms with Crippen molar-refractivity contribution in [2.24, 2.45) is 5.92 Å². The Bertz CT molecular complexity index is 1910. The van der Waals surface area contributed by atoms with Crippen LogP contribution < -0.4 is 5.32 Å². The molecule has 10 heteroatoms. The first-order chi connectivity index (χ1) is 21.0. The van der Waals surface area contributed by atoms with Crippen molar-refractivity contribution in [1.29, 1.82) is 0 Å². The maximum absolute atomic E-state index is 14.7. The summed E-state index contributed by atoms with van der Waals surface area (Å²) in [5.41, 5.74) is 9.57. The number of hydrogen-bond acceptors (Lipinski definition) is 6. The first-order valence-electron chi connectivity index (χ1n) is 14.7. The van der Waals surface area contributed by atoms with E-state index in [1.807, 2.05) is 56.8 Å². The van der Waals surface area contributed by atoms with Gasteiger partial charge in [-0.1, -0.05) is 18.2 Å². The SMILES string of the molecule is CN(C)PCc1cc(F)cc(-c2cccc3[nH]c(-c4n[nH]c5ccc(-c6cncc(CC7CCNCC7)c6)nc45)nc23)c1. The van der Waals surface area contributed by atoms with Gasteiger partial charge in [0.15, 0.2) is 11.5 Å². The summed E-state index contributed by atoms with van der Waals surface area (Å²) in [6.45, 7) is 2.17. The van der Waals surface area contributed by atoms with E-state index in [1.165, 1.54) is 18.4 Å². The van der Waals surface area contributed by atoms with E-state index in [-0.39, 0.29) is 5.82 Å². The van der Waals surface area contributed by atoms with Crippen molar-refractivity contribution in [3.8, 4) is 33.9 Å². The van der Waals surface area contributed by atoms with Crippen molar-refractivity contribution in [1.82, 2.24) is 40.1 Å². The number of pyridine rings is 2.